The Bertz CT molecular complexity index is 832. The number of nitrogens with zero attached hydrogens (tertiary/aromatic N) is 2. The minimum atomic E-state index is -3.49. The first-order chi connectivity index (χ1) is 12.5. The predicted molar refractivity (Wildman–Crippen MR) is 98.3 cm³/mol. The molecule has 1 aliphatic heterocycles. The molecule has 0 unspecified atom stereocenters. The molecule has 0 spiro atoms. The molecule has 0 radical (unpaired) electrons. The molecule has 1 fully saturated rings. The Balaban J connectivity index is 1.56. The van der Waals surface area contributed by atoms with Gasteiger partial charge in [-0.25, -0.2) is 12.8 Å². The number of benzene rings is 2. The van der Waals surface area contributed by atoms with Gasteiger partial charge in [0.1, 0.15) is 11.6 Å². The zero-order valence-corrected chi connectivity index (χ0v) is 15.6. The van der Waals surface area contributed by atoms with Crippen LogP contribution in [0.2, 0.25) is 0 Å². The van der Waals surface area contributed by atoms with Crippen molar-refractivity contribution in [1.82, 2.24) is 9.21 Å². The van der Waals surface area contributed by atoms with E-state index >= 15 is 0 Å². The average molecular weight is 378 g/mol. The zero-order valence-electron chi connectivity index (χ0n) is 14.8. The second-order valence-corrected chi connectivity index (χ2v) is 8.20. The van der Waals surface area contributed by atoms with E-state index in [0.717, 1.165) is 6.54 Å². The number of piperazine rings is 1. The summed E-state index contributed by atoms with van der Waals surface area (Å²) in [5, 5.41) is 0. The normalized spacial score (nSPS) is 16.5. The van der Waals surface area contributed by atoms with E-state index in [0.29, 0.717) is 43.9 Å². The minimum Gasteiger partial charge on any atom is -0.497 e. The smallest absolute Gasteiger partial charge is 0.243 e. The highest BCUT2D eigenvalue weighted by molar-refractivity contribution is 7.89. The van der Waals surface area contributed by atoms with Gasteiger partial charge in [-0.05, 0) is 42.3 Å². The molecule has 0 atom stereocenters. The molecule has 26 heavy (non-hydrogen) atoms. The van der Waals surface area contributed by atoms with Gasteiger partial charge in [-0.2, -0.15) is 4.31 Å². The Morgan fingerprint density at radius 3 is 2.27 bits per heavy atom. The van der Waals surface area contributed by atoms with E-state index < -0.39 is 10.0 Å². The van der Waals surface area contributed by atoms with Crippen molar-refractivity contribution < 1.29 is 17.5 Å². The largest absolute Gasteiger partial charge is 0.497 e. The third-order valence-corrected chi connectivity index (χ3v) is 6.60. The molecule has 0 N–H and O–H groups in total. The van der Waals surface area contributed by atoms with Crippen molar-refractivity contribution in [2.24, 2.45) is 0 Å². The maximum Gasteiger partial charge on any atom is 0.243 e. The first-order valence-corrected chi connectivity index (χ1v) is 10.0. The average Bonchev–Trinajstić information content (AvgIpc) is 2.68. The Morgan fingerprint density at radius 1 is 1.00 bits per heavy atom. The van der Waals surface area contributed by atoms with Crippen LogP contribution in [0.15, 0.2) is 53.4 Å². The van der Waals surface area contributed by atoms with Crippen LogP contribution in [0.3, 0.4) is 0 Å². The first-order valence-electron chi connectivity index (χ1n) is 8.60. The fourth-order valence-electron chi connectivity index (χ4n) is 3.07. The van der Waals surface area contributed by atoms with Gasteiger partial charge in [0.2, 0.25) is 10.0 Å². The maximum absolute atomic E-state index is 13.7. The van der Waals surface area contributed by atoms with Crippen molar-refractivity contribution in [3.8, 4) is 5.75 Å². The summed E-state index contributed by atoms with van der Waals surface area (Å²) >= 11 is 0. The van der Waals surface area contributed by atoms with E-state index in [-0.39, 0.29) is 10.7 Å². The molecular weight excluding hydrogens is 355 g/mol. The van der Waals surface area contributed by atoms with Crippen molar-refractivity contribution in [2.75, 3.05) is 39.8 Å². The highest BCUT2D eigenvalue weighted by Crippen LogP contribution is 2.20. The second kappa shape index (κ2) is 8.16. The quantitative estimate of drug-likeness (QED) is 0.775. The van der Waals surface area contributed by atoms with E-state index in [1.54, 1.807) is 43.5 Å². The number of sulfonamides is 1. The summed E-state index contributed by atoms with van der Waals surface area (Å²) in [6.45, 7) is 2.88. The molecule has 0 bridgehead atoms. The van der Waals surface area contributed by atoms with Gasteiger partial charge in [0.15, 0.2) is 0 Å². The van der Waals surface area contributed by atoms with E-state index in [9.17, 15) is 12.8 Å². The number of hydrogen-bond acceptors (Lipinski definition) is 4. The van der Waals surface area contributed by atoms with Crippen LogP contribution in [-0.2, 0) is 16.4 Å². The molecular formula is C19H23FN2O3S. The lowest BCUT2D eigenvalue weighted by atomic mass is 10.1. The van der Waals surface area contributed by atoms with Gasteiger partial charge in [0.25, 0.3) is 0 Å². The van der Waals surface area contributed by atoms with Crippen molar-refractivity contribution in [2.45, 2.75) is 11.3 Å². The summed E-state index contributed by atoms with van der Waals surface area (Å²) in [6, 6.07) is 13.2. The molecule has 0 amide bonds. The molecule has 2 aromatic rings. The van der Waals surface area contributed by atoms with Crippen molar-refractivity contribution in [3.05, 3.63) is 59.9 Å². The van der Waals surface area contributed by atoms with Crippen LogP contribution in [-0.4, -0.2) is 57.5 Å². The Kier molecular flexibility index (Phi) is 5.90. The van der Waals surface area contributed by atoms with Gasteiger partial charge < -0.3 is 9.64 Å². The van der Waals surface area contributed by atoms with Gasteiger partial charge in [0.05, 0.1) is 12.0 Å². The molecule has 2 aromatic carbocycles. The molecule has 1 heterocycles. The number of halogens is 1. The number of rotatable bonds is 6. The monoisotopic (exact) mass is 378 g/mol. The van der Waals surface area contributed by atoms with Crippen LogP contribution in [0.25, 0.3) is 0 Å². The molecule has 3 rings (SSSR count). The summed E-state index contributed by atoms with van der Waals surface area (Å²) < 4.78 is 45.7. The molecule has 1 saturated heterocycles. The van der Waals surface area contributed by atoms with Crippen LogP contribution >= 0.6 is 0 Å². The van der Waals surface area contributed by atoms with Gasteiger partial charge >= 0.3 is 0 Å². The van der Waals surface area contributed by atoms with Gasteiger partial charge in [0, 0.05) is 32.7 Å². The number of hydrogen-bond donors (Lipinski definition) is 0. The summed E-state index contributed by atoms with van der Waals surface area (Å²) in [5.41, 5.74) is 0.695. The van der Waals surface area contributed by atoms with E-state index in [4.69, 9.17) is 4.74 Å². The van der Waals surface area contributed by atoms with E-state index in [2.05, 4.69) is 4.90 Å². The highest BCUT2D eigenvalue weighted by atomic mass is 32.2. The Labute approximate surface area is 154 Å². The van der Waals surface area contributed by atoms with Crippen LogP contribution in [0.4, 0.5) is 4.39 Å². The van der Waals surface area contributed by atoms with Crippen molar-refractivity contribution >= 4 is 10.0 Å². The molecule has 140 valence electrons. The molecule has 1 aliphatic rings. The van der Waals surface area contributed by atoms with Crippen molar-refractivity contribution in [3.63, 3.8) is 0 Å². The van der Waals surface area contributed by atoms with E-state index in [1.165, 1.54) is 10.4 Å². The van der Waals surface area contributed by atoms with Gasteiger partial charge in [-0.1, -0.05) is 18.2 Å². The molecule has 0 aliphatic carbocycles. The fraction of sp³-hybridized carbons (Fsp3) is 0.368. The third kappa shape index (κ3) is 4.23. The lowest BCUT2D eigenvalue weighted by Gasteiger charge is -2.34. The van der Waals surface area contributed by atoms with Crippen LogP contribution in [0, 0.1) is 5.82 Å². The SMILES string of the molecule is COc1ccc(S(=O)(=O)N2CCN(CCc3ccccc3F)CC2)cc1. The molecule has 0 aromatic heterocycles. The summed E-state index contributed by atoms with van der Waals surface area (Å²) in [7, 11) is -1.95. The number of ether oxygens (including phenoxy) is 1. The van der Waals surface area contributed by atoms with Gasteiger partial charge in [-0.3, -0.25) is 0 Å². The molecule has 5 nitrogen and oxygen atoms in total. The fourth-order valence-corrected chi connectivity index (χ4v) is 4.49. The molecule has 7 heteroatoms. The first kappa shape index (κ1) is 18.8. The molecule has 0 saturated carbocycles. The standard InChI is InChI=1S/C19H23FN2O3S/c1-25-17-6-8-18(9-7-17)26(23,24)22-14-12-21(13-15-22)11-10-16-4-2-3-5-19(16)20/h2-9H,10-15H2,1H3. The second-order valence-electron chi connectivity index (χ2n) is 6.26. The van der Waals surface area contributed by atoms with Gasteiger partial charge in [-0.15, -0.1) is 0 Å². The summed E-state index contributed by atoms with van der Waals surface area (Å²) in [4.78, 5) is 2.45. The van der Waals surface area contributed by atoms with Crippen LogP contribution < -0.4 is 4.74 Å². The third-order valence-electron chi connectivity index (χ3n) is 4.68. The van der Waals surface area contributed by atoms with Crippen LogP contribution in [0.1, 0.15) is 5.56 Å². The maximum atomic E-state index is 13.7. The topological polar surface area (TPSA) is 49.9 Å². The van der Waals surface area contributed by atoms with Crippen molar-refractivity contribution in [1.29, 1.82) is 0 Å². The Morgan fingerprint density at radius 2 is 1.65 bits per heavy atom. The minimum absolute atomic E-state index is 0.187. The summed E-state index contributed by atoms with van der Waals surface area (Å²) in [6.07, 6.45) is 0.623. The Hall–Kier alpha value is -1.96. The highest BCUT2D eigenvalue weighted by Gasteiger charge is 2.28. The van der Waals surface area contributed by atoms with Crippen LogP contribution in [0.5, 0.6) is 5.75 Å². The lowest BCUT2D eigenvalue weighted by Crippen LogP contribution is -2.49. The van der Waals surface area contributed by atoms with E-state index in [1.807, 2.05) is 6.07 Å². The zero-order chi connectivity index (χ0) is 18.6. The number of methoxy groups -OCH3 is 1. The lowest BCUT2D eigenvalue weighted by molar-refractivity contribution is 0.190. The summed E-state index contributed by atoms with van der Waals surface area (Å²) in [5.74, 6) is 0.440. The predicted octanol–water partition coefficient (Wildman–Crippen LogP) is 2.38.